The molecule has 1 saturated heterocycles. The summed E-state index contributed by atoms with van der Waals surface area (Å²) in [5.74, 6) is -3.98. The highest BCUT2D eigenvalue weighted by Crippen LogP contribution is 2.40. The molecule has 0 bridgehead atoms. The second kappa shape index (κ2) is 11.8. The molecule has 11 nitrogen and oxygen atoms in total. The lowest BCUT2D eigenvalue weighted by Gasteiger charge is -2.35. The van der Waals surface area contributed by atoms with Crippen LogP contribution >= 0.6 is 11.6 Å². The lowest BCUT2D eigenvalue weighted by atomic mass is 10.1. The number of nitrogens with zero attached hydrogens (tertiary/aromatic N) is 6. The summed E-state index contributed by atoms with van der Waals surface area (Å²) in [5.41, 5.74) is 6.28. The van der Waals surface area contributed by atoms with Crippen LogP contribution in [0.5, 0.6) is 0 Å². The second-order valence-electron chi connectivity index (χ2n) is 10.7. The van der Waals surface area contributed by atoms with Crippen LogP contribution < -0.4 is 11.1 Å². The molecule has 1 aliphatic heterocycles. The summed E-state index contributed by atoms with van der Waals surface area (Å²) in [7, 11) is 1.57. The van der Waals surface area contributed by atoms with E-state index in [2.05, 4.69) is 15.4 Å². The van der Waals surface area contributed by atoms with E-state index in [-0.39, 0.29) is 45.5 Å². The third kappa shape index (κ3) is 6.16. The fourth-order valence-electron chi connectivity index (χ4n) is 4.99. The minimum absolute atomic E-state index is 0.00435. The molecule has 2 aliphatic rings. The van der Waals surface area contributed by atoms with Crippen LogP contribution in [0.25, 0.3) is 11.3 Å². The highest BCUT2D eigenvalue weighted by molar-refractivity contribution is 6.34. The summed E-state index contributed by atoms with van der Waals surface area (Å²) < 4.78 is 31.8. The fourth-order valence-corrected chi connectivity index (χ4v) is 5.26. The van der Waals surface area contributed by atoms with Crippen LogP contribution in [-0.2, 0) is 17.8 Å². The lowest BCUT2D eigenvalue weighted by molar-refractivity contribution is -0.132. The molecule has 224 valence electrons. The van der Waals surface area contributed by atoms with Gasteiger partial charge in [0.25, 0.3) is 17.7 Å². The molecule has 3 amide bonds. The predicted octanol–water partition coefficient (Wildman–Crippen LogP) is 3.66. The van der Waals surface area contributed by atoms with Gasteiger partial charge in [-0.15, -0.1) is 0 Å². The molecule has 1 aromatic carbocycles. The summed E-state index contributed by atoms with van der Waals surface area (Å²) in [6, 6.07) is 4.67. The zero-order valence-electron chi connectivity index (χ0n) is 23.4. The number of amides is 3. The van der Waals surface area contributed by atoms with Gasteiger partial charge in [0.05, 0.1) is 28.5 Å². The Balaban J connectivity index is 1.26. The molecule has 14 heteroatoms. The van der Waals surface area contributed by atoms with E-state index in [9.17, 15) is 23.2 Å². The Hall–Kier alpha value is -3.84. The van der Waals surface area contributed by atoms with Gasteiger partial charge in [0.2, 0.25) is 5.91 Å². The number of carbonyl (C=O) groups excluding carboxylic acids is 3. The normalized spacial score (nSPS) is 15.7. The molecule has 2 fully saturated rings. The Bertz CT molecular complexity index is 1500. The monoisotopic (exact) mass is 602 g/mol. The number of anilines is 1. The Morgan fingerprint density at radius 1 is 1.14 bits per heavy atom. The third-order valence-electron chi connectivity index (χ3n) is 7.51. The molecule has 3 aromatic rings. The Morgan fingerprint density at radius 3 is 2.45 bits per heavy atom. The van der Waals surface area contributed by atoms with E-state index in [0.29, 0.717) is 56.9 Å². The van der Waals surface area contributed by atoms with Crippen molar-refractivity contribution in [2.45, 2.75) is 44.6 Å². The number of alkyl halides is 2. The van der Waals surface area contributed by atoms with Crippen molar-refractivity contribution in [2.75, 3.05) is 38.0 Å². The maximum atomic E-state index is 14.4. The van der Waals surface area contributed by atoms with Crippen LogP contribution in [-0.4, -0.2) is 79.6 Å². The number of nitrogens with two attached hydrogens (primary N) is 1. The number of halogens is 3. The molecule has 5 rings (SSSR count). The second-order valence-corrected chi connectivity index (χ2v) is 11.1. The summed E-state index contributed by atoms with van der Waals surface area (Å²) >= 11 is 6.44. The number of imidazole rings is 1. The van der Waals surface area contributed by atoms with Gasteiger partial charge in [0, 0.05) is 64.0 Å². The van der Waals surface area contributed by atoms with Crippen molar-refractivity contribution in [3.63, 3.8) is 0 Å². The van der Waals surface area contributed by atoms with Gasteiger partial charge in [-0.1, -0.05) is 11.6 Å². The van der Waals surface area contributed by atoms with Gasteiger partial charge in [-0.3, -0.25) is 19.1 Å². The first kappa shape index (κ1) is 29.6. The van der Waals surface area contributed by atoms with Gasteiger partial charge >= 0.3 is 0 Å². The first-order valence-electron chi connectivity index (χ1n) is 13.9. The maximum absolute atomic E-state index is 14.4. The highest BCUT2D eigenvalue weighted by Gasteiger charge is 2.36. The van der Waals surface area contributed by atoms with Gasteiger partial charge in [0.1, 0.15) is 5.69 Å². The molecule has 3 N–H and O–H groups in total. The number of benzene rings is 1. The summed E-state index contributed by atoms with van der Waals surface area (Å²) in [6.45, 7) is 2.89. The SMILES string of the molecule is Cn1c(-c2cn(C3CC3)nc2C(C)(F)F)cnc1C(=O)Nc1ccc(C(=O)N2CCN(C(=O)CCCN)CC2)c(Cl)c1. The first-order chi connectivity index (χ1) is 20.0. The molecule has 42 heavy (non-hydrogen) atoms. The van der Waals surface area contributed by atoms with E-state index >= 15 is 0 Å². The van der Waals surface area contributed by atoms with Crippen molar-refractivity contribution in [1.82, 2.24) is 29.1 Å². The highest BCUT2D eigenvalue weighted by atomic mass is 35.5. The summed E-state index contributed by atoms with van der Waals surface area (Å²) in [4.78, 5) is 46.0. The Kier molecular flexibility index (Phi) is 8.33. The predicted molar refractivity (Wildman–Crippen MR) is 152 cm³/mol. The quantitative estimate of drug-likeness (QED) is 0.384. The van der Waals surface area contributed by atoms with Crippen molar-refractivity contribution in [1.29, 1.82) is 0 Å². The minimum atomic E-state index is -3.17. The van der Waals surface area contributed by atoms with Crippen LogP contribution in [0.1, 0.15) is 65.3 Å². The molecule has 0 radical (unpaired) electrons. The molecular formula is C28H33ClF2N8O3. The smallest absolute Gasteiger partial charge is 0.291 e. The lowest BCUT2D eigenvalue weighted by Crippen LogP contribution is -2.50. The molecule has 0 atom stereocenters. The zero-order valence-corrected chi connectivity index (χ0v) is 24.2. The van der Waals surface area contributed by atoms with Crippen LogP contribution in [0.3, 0.4) is 0 Å². The van der Waals surface area contributed by atoms with Gasteiger partial charge in [-0.25, -0.2) is 4.98 Å². The Morgan fingerprint density at radius 2 is 1.83 bits per heavy atom. The van der Waals surface area contributed by atoms with Crippen molar-refractivity contribution in [3.8, 4) is 11.3 Å². The average Bonchev–Trinajstić information content (AvgIpc) is 3.58. The Labute approximate surface area is 246 Å². The van der Waals surface area contributed by atoms with Crippen LogP contribution in [0.2, 0.25) is 5.02 Å². The number of nitrogens with one attached hydrogen (secondary N) is 1. The van der Waals surface area contributed by atoms with Gasteiger partial charge in [-0.05, 0) is 44.0 Å². The zero-order chi connectivity index (χ0) is 30.2. The number of piperazine rings is 1. The maximum Gasteiger partial charge on any atom is 0.291 e. The summed E-state index contributed by atoms with van der Waals surface area (Å²) in [6.07, 6.45) is 5.74. The van der Waals surface area contributed by atoms with Crippen molar-refractivity contribution >= 4 is 35.0 Å². The topological polar surface area (TPSA) is 131 Å². The van der Waals surface area contributed by atoms with Crippen molar-refractivity contribution < 1.29 is 23.2 Å². The molecule has 1 aliphatic carbocycles. The molecule has 0 unspecified atom stereocenters. The van der Waals surface area contributed by atoms with Crippen LogP contribution in [0.15, 0.2) is 30.6 Å². The number of hydrogen-bond donors (Lipinski definition) is 2. The van der Waals surface area contributed by atoms with Crippen molar-refractivity contribution in [2.24, 2.45) is 12.8 Å². The standard InChI is InChI=1S/C28H33ClF2N8O3/c1-28(30,31)24-20(16-39(35-24)18-6-7-18)22-15-33-25(36(22)2)26(41)34-17-5-8-19(21(29)14-17)27(42)38-12-10-37(11-13-38)23(40)4-3-9-32/h5,8,14-16,18H,3-4,6-7,9-13,32H2,1-2H3,(H,34,41). The van der Waals surface area contributed by atoms with Crippen molar-refractivity contribution in [3.05, 3.63) is 52.7 Å². The van der Waals surface area contributed by atoms with E-state index in [4.69, 9.17) is 17.3 Å². The van der Waals surface area contributed by atoms with E-state index in [1.807, 2.05) is 0 Å². The number of aromatic nitrogens is 4. The molecule has 3 heterocycles. The van der Waals surface area contributed by atoms with E-state index in [1.54, 1.807) is 33.8 Å². The number of hydrogen-bond acceptors (Lipinski definition) is 6. The minimum Gasteiger partial charge on any atom is -0.339 e. The molecule has 1 saturated carbocycles. The van der Waals surface area contributed by atoms with Crippen LogP contribution in [0, 0.1) is 0 Å². The largest absolute Gasteiger partial charge is 0.339 e. The van der Waals surface area contributed by atoms with Gasteiger partial charge in [0.15, 0.2) is 5.82 Å². The first-order valence-corrected chi connectivity index (χ1v) is 14.2. The van der Waals surface area contributed by atoms with E-state index in [1.165, 1.54) is 22.9 Å². The molecule has 0 spiro atoms. The number of carbonyl (C=O) groups is 3. The molecule has 2 aromatic heterocycles. The summed E-state index contributed by atoms with van der Waals surface area (Å²) in [5, 5.41) is 6.99. The fraction of sp³-hybridized carbons (Fsp3) is 0.464. The van der Waals surface area contributed by atoms with E-state index < -0.39 is 11.8 Å². The number of rotatable bonds is 9. The third-order valence-corrected chi connectivity index (χ3v) is 7.82. The average molecular weight is 603 g/mol. The van der Waals surface area contributed by atoms with Gasteiger partial charge in [-0.2, -0.15) is 13.9 Å². The molecular weight excluding hydrogens is 570 g/mol. The van der Waals surface area contributed by atoms with E-state index in [0.717, 1.165) is 19.8 Å². The van der Waals surface area contributed by atoms with Crippen LogP contribution in [0.4, 0.5) is 14.5 Å². The van der Waals surface area contributed by atoms with Gasteiger partial charge < -0.3 is 25.4 Å².